The summed E-state index contributed by atoms with van der Waals surface area (Å²) in [4.78, 5) is 11.9. The predicted octanol–water partition coefficient (Wildman–Crippen LogP) is 3.71. The molecule has 0 saturated carbocycles. The molecular formula is C15H17BrN2OS. The average molecular weight is 353 g/mol. The highest BCUT2D eigenvalue weighted by Crippen LogP contribution is 2.27. The molecule has 0 bridgehead atoms. The third-order valence-corrected chi connectivity index (χ3v) is 4.16. The molecule has 20 heavy (non-hydrogen) atoms. The van der Waals surface area contributed by atoms with Crippen LogP contribution in [0.15, 0.2) is 51.8 Å². The zero-order valence-corrected chi connectivity index (χ0v) is 13.6. The smallest absolute Gasteiger partial charge is 0.151 e. The number of carbonyl (C=O) groups excluding carboxylic acids is 1. The fourth-order valence-electron chi connectivity index (χ4n) is 1.53. The molecule has 5 heteroatoms. The van der Waals surface area contributed by atoms with Crippen molar-refractivity contribution in [1.29, 1.82) is 0 Å². The van der Waals surface area contributed by atoms with Crippen LogP contribution in [0.25, 0.3) is 0 Å². The van der Waals surface area contributed by atoms with Gasteiger partial charge in [0.1, 0.15) is 0 Å². The van der Waals surface area contributed by atoms with Gasteiger partial charge in [-0.15, -0.1) is 11.8 Å². The molecule has 3 nitrogen and oxygen atoms in total. The Bertz CT molecular complexity index is 558. The minimum absolute atomic E-state index is 0.616. The molecule has 2 aromatic rings. The van der Waals surface area contributed by atoms with Crippen LogP contribution >= 0.6 is 27.7 Å². The fourth-order valence-corrected chi connectivity index (χ4v) is 2.75. The summed E-state index contributed by atoms with van der Waals surface area (Å²) >= 11 is 5.04. The van der Waals surface area contributed by atoms with E-state index in [9.17, 15) is 4.79 Å². The molecule has 0 aliphatic rings. The van der Waals surface area contributed by atoms with Crippen molar-refractivity contribution in [3.63, 3.8) is 0 Å². The molecule has 0 fully saturated rings. The van der Waals surface area contributed by atoms with Crippen LogP contribution in [0.3, 0.4) is 0 Å². The van der Waals surface area contributed by atoms with Gasteiger partial charge in [-0.2, -0.15) is 0 Å². The summed E-state index contributed by atoms with van der Waals surface area (Å²) in [6.45, 7) is 0. The van der Waals surface area contributed by atoms with Gasteiger partial charge in [0.2, 0.25) is 0 Å². The minimum Gasteiger partial charge on any atom is -0.399 e. The Morgan fingerprint density at radius 1 is 1.15 bits per heavy atom. The van der Waals surface area contributed by atoms with Crippen LogP contribution in [-0.2, 0) is 5.75 Å². The van der Waals surface area contributed by atoms with E-state index in [1.165, 1.54) is 12.6 Å². The standard InChI is InChI=1S/C14H12BrNOS.CH5N/c15-12-3-1-10(2-4-12)9-18-14-6-5-13(16)7-11(14)8-17;1-2/h1-8H,9,16H2;2H2,1H3. The monoisotopic (exact) mass is 352 g/mol. The lowest BCUT2D eigenvalue weighted by Gasteiger charge is -2.06. The van der Waals surface area contributed by atoms with Crippen LogP contribution in [-0.4, -0.2) is 13.3 Å². The molecule has 0 saturated heterocycles. The summed E-state index contributed by atoms with van der Waals surface area (Å²) < 4.78 is 1.07. The first-order valence-electron chi connectivity index (χ1n) is 5.99. The number of nitrogens with two attached hydrogens (primary N) is 2. The van der Waals surface area contributed by atoms with Gasteiger partial charge in [-0.25, -0.2) is 0 Å². The Balaban J connectivity index is 0.000000956. The molecule has 4 N–H and O–H groups in total. The van der Waals surface area contributed by atoms with Gasteiger partial charge in [-0.1, -0.05) is 28.1 Å². The van der Waals surface area contributed by atoms with Gasteiger partial charge in [0, 0.05) is 26.4 Å². The van der Waals surface area contributed by atoms with E-state index in [0.717, 1.165) is 21.4 Å². The molecule has 0 aromatic heterocycles. The Kier molecular flexibility index (Phi) is 7.36. The largest absolute Gasteiger partial charge is 0.399 e. The Labute approximate surface area is 131 Å². The van der Waals surface area contributed by atoms with E-state index >= 15 is 0 Å². The molecule has 0 amide bonds. The first-order valence-corrected chi connectivity index (χ1v) is 7.76. The molecule has 0 aliphatic heterocycles. The van der Waals surface area contributed by atoms with Gasteiger partial charge < -0.3 is 11.5 Å². The zero-order chi connectivity index (χ0) is 15.0. The number of aldehydes is 1. The summed E-state index contributed by atoms with van der Waals surface area (Å²) in [7, 11) is 1.50. The molecule has 0 unspecified atom stereocenters. The number of thioether (sulfide) groups is 1. The van der Waals surface area contributed by atoms with E-state index in [1.807, 2.05) is 24.3 Å². The Morgan fingerprint density at radius 3 is 2.40 bits per heavy atom. The van der Waals surface area contributed by atoms with E-state index in [4.69, 9.17) is 5.73 Å². The number of rotatable bonds is 4. The summed E-state index contributed by atoms with van der Waals surface area (Å²) in [6.07, 6.45) is 0.847. The Hall–Kier alpha value is -1.30. The van der Waals surface area contributed by atoms with Crippen LogP contribution < -0.4 is 11.5 Å². The first-order chi connectivity index (χ1) is 9.69. The van der Waals surface area contributed by atoms with Crippen molar-refractivity contribution in [2.24, 2.45) is 5.73 Å². The summed E-state index contributed by atoms with van der Waals surface area (Å²) in [5.74, 6) is 0.831. The molecule has 106 valence electrons. The topological polar surface area (TPSA) is 69.1 Å². The lowest BCUT2D eigenvalue weighted by atomic mass is 10.2. The maximum atomic E-state index is 11.0. The van der Waals surface area contributed by atoms with Gasteiger partial charge in [0.05, 0.1) is 0 Å². The second-order valence-corrected chi connectivity index (χ2v) is 5.76. The molecule has 0 spiro atoms. The number of benzene rings is 2. The number of halogens is 1. The fraction of sp³-hybridized carbons (Fsp3) is 0.133. The maximum absolute atomic E-state index is 11.0. The van der Waals surface area contributed by atoms with Crippen molar-refractivity contribution in [1.82, 2.24) is 0 Å². The van der Waals surface area contributed by atoms with Crippen LogP contribution in [0.2, 0.25) is 0 Å². The highest BCUT2D eigenvalue weighted by Gasteiger charge is 2.03. The molecule has 0 heterocycles. The van der Waals surface area contributed by atoms with Crippen molar-refractivity contribution >= 4 is 39.7 Å². The minimum atomic E-state index is 0.616. The quantitative estimate of drug-likeness (QED) is 0.499. The first kappa shape index (κ1) is 16.8. The van der Waals surface area contributed by atoms with Crippen LogP contribution in [0, 0.1) is 0 Å². The van der Waals surface area contributed by atoms with Gasteiger partial charge in [0.15, 0.2) is 6.29 Å². The molecular weight excluding hydrogens is 336 g/mol. The summed E-state index contributed by atoms with van der Waals surface area (Å²) in [5.41, 5.74) is 12.6. The van der Waals surface area contributed by atoms with Crippen molar-refractivity contribution in [3.05, 3.63) is 58.1 Å². The normalized spacial score (nSPS) is 9.55. The van der Waals surface area contributed by atoms with Gasteiger partial charge in [-0.05, 0) is 42.9 Å². The summed E-state index contributed by atoms with van der Waals surface area (Å²) in [5, 5.41) is 0. The van der Waals surface area contributed by atoms with Crippen molar-refractivity contribution in [2.45, 2.75) is 10.6 Å². The molecule has 0 radical (unpaired) electrons. The van der Waals surface area contributed by atoms with E-state index < -0.39 is 0 Å². The van der Waals surface area contributed by atoms with Gasteiger partial charge in [0.25, 0.3) is 0 Å². The van der Waals surface area contributed by atoms with Crippen molar-refractivity contribution < 1.29 is 4.79 Å². The average Bonchev–Trinajstić information content (AvgIpc) is 2.49. The number of carbonyl (C=O) groups is 1. The van der Waals surface area contributed by atoms with Crippen LogP contribution in [0.5, 0.6) is 0 Å². The maximum Gasteiger partial charge on any atom is 0.151 e. The second-order valence-electron chi connectivity index (χ2n) is 3.83. The van der Waals surface area contributed by atoms with E-state index in [2.05, 4.69) is 33.8 Å². The molecule has 0 atom stereocenters. The number of anilines is 1. The lowest BCUT2D eigenvalue weighted by molar-refractivity contribution is 0.112. The van der Waals surface area contributed by atoms with E-state index in [1.54, 1.807) is 17.8 Å². The van der Waals surface area contributed by atoms with E-state index in [0.29, 0.717) is 11.3 Å². The van der Waals surface area contributed by atoms with Crippen LogP contribution in [0.1, 0.15) is 15.9 Å². The van der Waals surface area contributed by atoms with E-state index in [-0.39, 0.29) is 0 Å². The Morgan fingerprint density at radius 2 is 1.80 bits per heavy atom. The molecule has 2 rings (SSSR count). The highest BCUT2D eigenvalue weighted by molar-refractivity contribution is 9.10. The SMILES string of the molecule is CN.Nc1ccc(SCc2ccc(Br)cc2)c(C=O)c1. The molecule has 2 aromatic carbocycles. The molecule has 0 aliphatic carbocycles. The predicted molar refractivity (Wildman–Crippen MR) is 90.1 cm³/mol. The van der Waals surface area contributed by atoms with Crippen molar-refractivity contribution in [3.8, 4) is 0 Å². The number of hydrogen-bond acceptors (Lipinski definition) is 4. The van der Waals surface area contributed by atoms with Crippen molar-refractivity contribution in [2.75, 3.05) is 12.8 Å². The van der Waals surface area contributed by atoms with Gasteiger partial charge in [-0.3, -0.25) is 4.79 Å². The third-order valence-electron chi connectivity index (χ3n) is 2.47. The summed E-state index contributed by atoms with van der Waals surface area (Å²) in [6, 6.07) is 13.6. The number of hydrogen-bond donors (Lipinski definition) is 2. The van der Waals surface area contributed by atoms with Crippen LogP contribution in [0.4, 0.5) is 5.69 Å². The third kappa shape index (κ3) is 5.00. The highest BCUT2D eigenvalue weighted by atomic mass is 79.9. The number of nitrogen functional groups attached to an aromatic ring is 1. The lowest BCUT2D eigenvalue weighted by Crippen LogP contribution is -1.91. The zero-order valence-electron chi connectivity index (χ0n) is 11.2. The van der Waals surface area contributed by atoms with Gasteiger partial charge >= 0.3 is 0 Å². The second kappa shape index (κ2) is 8.79.